The van der Waals surface area contributed by atoms with E-state index in [4.69, 9.17) is 5.26 Å². The van der Waals surface area contributed by atoms with Crippen LogP contribution in [0.2, 0.25) is 0 Å². The van der Waals surface area contributed by atoms with Crippen molar-refractivity contribution in [2.45, 2.75) is 19.1 Å². The molecular weight excluding hydrogens is 373 g/mol. The summed E-state index contributed by atoms with van der Waals surface area (Å²) in [6.07, 6.45) is 4.53. The van der Waals surface area contributed by atoms with E-state index in [9.17, 15) is 9.18 Å². The summed E-state index contributed by atoms with van der Waals surface area (Å²) in [6, 6.07) is 8.99. The molecular formula is C20H16FN7O. The van der Waals surface area contributed by atoms with Gasteiger partial charge in [-0.25, -0.2) is 19.0 Å². The van der Waals surface area contributed by atoms with Gasteiger partial charge in [-0.1, -0.05) is 0 Å². The van der Waals surface area contributed by atoms with Crippen molar-refractivity contribution < 1.29 is 9.18 Å². The first-order chi connectivity index (χ1) is 14.1. The van der Waals surface area contributed by atoms with E-state index in [1.807, 2.05) is 23.1 Å². The summed E-state index contributed by atoms with van der Waals surface area (Å²) in [7, 11) is 0. The van der Waals surface area contributed by atoms with E-state index in [0.717, 1.165) is 11.5 Å². The topological polar surface area (TPSA) is 90.9 Å². The minimum Gasteiger partial charge on any atom is -0.354 e. The van der Waals surface area contributed by atoms with Gasteiger partial charge in [0.2, 0.25) is 0 Å². The van der Waals surface area contributed by atoms with Crippen molar-refractivity contribution in [3.63, 3.8) is 0 Å². The van der Waals surface area contributed by atoms with Gasteiger partial charge in [0.15, 0.2) is 0 Å². The molecule has 5 rings (SSSR count). The summed E-state index contributed by atoms with van der Waals surface area (Å²) in [4.78, 5) is 24.8. The van der Waals surface area contributed by atoms with Crippen LogP contribution in [0.1, 0.15) is 28.0 Å². The van der Waals surface area contributed by atoms with E-state index < -0.39 is 6.17 Å². The highest BCUT2D eigenvalue weighted by Crippen LogP contribution is 2.27. The Morgan fingerprint density at radius 3 is 2.59 bits per heavy atom. The van der Waals surface area contributed by atoms with Gasteiger partial charge in [0, 0.05) is 18.9 Å². The lowest BCUT2D eigenvalue weighted by molar-refractivity contribution is 0.0995. The number of fused-ring (bicyclic) bond motifs is 1. The van der Waals surface area contributed by atoms with E-state index >= 15 is 0 Å². The molecule has 0 aliphatic carbocycles. The number of nitriles is 1. The highest BCUT2D eigenvalue weighted by Gasteiger charge is 2.32. The summed E-state index contributed by atoms with van der Waals surface area (Å²) < 4.78 is 15.0. The van der Waals surface area contributed by atoms with Gasteiger partial charge in [0.25, 0.3) is 5.91 Å². The number of pyridine rings is 2. The fraction of sp³-hybridized carbons (Fsp3) is 0.250. The maximum atomic E-state index is 13.4. The quantitative estimate of drug-likeness (QED) is 0.682. The van der Waals surface area contributed by atoms with Gasteiger partial charge in [-0.15, -0.1) is 0 Å². The van der Waals surface area contributed by atoms with Crippen LogP contribution in [0, 0.1) is 11.3 Å². The molecule has 1 atom stereocenters. The van der Waals surface area contributed by atoms with E-state index in [-0.39, 0.29) is 5.91 Å². The summed E-state index contributed by atoms with van der Waals surface area (Å²) >= 11 is 0. The lowest BCUT2D eigenvalue weighted by Gasteiger charge is -2.16. The van der Waals surface area contributed by atoms with Crippen LogP contribution in [0.15, 0.2) is 42.9 Å². The zero-order chi connectivity index (χ0) is 20.0. The first-order valence-corrected chi connectivity index (χ1v) is 9.24. The van der Waals surface area contributed by atoms with E-state index in [2.05, 4.69) is 15.1 Å². The van der Waals surface area contributed by atoms with Crippen molar-refractivity contribution >= 4 is 17.5 Å². The number of carbonyl (C=O) groups is 1. The van der Waals surface area contributed by atoms with Crippen LogP contribution in [-0.2, 0) is 6.54 Å². The van der Waals surface area contributed by atoms with E-state index in [0.29, 0.717) is 48.7 Å². The number of nitrogens with zero attached hydrogens (tertiary/aromatic N) is 7. The van der Waals surface area contributed by atoms with Gasteiger partial charge in [0.1, 0.15) is 23.9 Å². The number of aromatic nitrogens is 4. The van der Waals surface area contributed by atoms with Crippen LogP contribution in [0.5, 0.6) is 0 Å². The van der Waals surface area contributed by atoms with Crippen molar-refractivity contribution in [2.24, 2.45) is 0 Å². The Morgan fingerprint density at radius 1 is 1.14 bits per heavy atom. The Balaban J connectivity index is 1.35. The second-order valence-corrected chi connectivity index (χ2v) is 7.05. The number of carbonyl (C=O) groups excluding carboxylic acids is 1. The highest BCUT2D eigenvalue weighted by atomic mass is 19.1. The third kappa shape index (κ3) is 2.99. The Bertz CT molecular complexity index is 1120. The summed E-state index contributed by atoms with van der Waals surface area (Å²) in [5.74, 6) is 1.04. The van der Waals surface area contributed by atoms with Gasteiger partial charge in [-0.2, -0.15) is 10.4 Å². The van der Waals surface area contributed by atoms with Gasteiger partial charge in [0.05, 0.1) is 41.8 Å². The summed E-state index contributed by atoms with van der Waals surface area (Å²) in [5, 5.41) is 13.4. The minimum atomic E-state index is -0.801. The van der Waals surface area contributed by atoms with Crippen molar-refractivity contribution in [3.8, 4) is 11.8 Å². The molecule has 0 radical (unpaired) electrons. The van der Waals surface area contributed by atoms with Crippen LogP contribution in [0.25, 0.3) is 5.69 Å². The lowest BCUT2D eigenvalue weighted by Crippen LogP contribution is -2.24. The standard InChI is InChI=1S/C20H16FN7O/c21-14-5-6-26(10-14)18-4-2-15(9-24-18)28-11-16-17(25-28)12-27(20(16)29)19-3-1-13(7-22)8-23-19/h1-4,8-9,11,14H,5-6,10,12H2/t14-/m0/s1. The van der Waals surface area contributed by atoms with Crippen LogP contribution >= 0.6 is 0 Å². The van der Waals surface area contributed by atoms with Crippen LogP contribution < -0.4 is 9.80 Å². The molecule has 0 bridgehead atoms. The normalized spacial score (nSPS) is 18.2. The Kier molecular flexibility index (Phi) is 3.98. The predicted molar refractivity (Wildman–Crippen MR) is 103 cm³/mol. The van der Waals surface area contributed by atoms with E-state index in [1.54, 1.807) is 29.2 Å². The second-order valence-electron chi connectivity index (χ2n) is 7.05. The number of halogens is 1. The largest absolute Gasteiger partial charge is 0.354 e. The summed E-state index contributed by atoms with van der Waals surface area (Å²) in [6.45, 7) is 1.35. The fourth-order valence-electron chi connectivity index (χ4n) is 3.63. The molecule has 3 aromatic rings. The van der Waals surface area contributed by atoms with Crippen molar-refractivity contribution in [2.75, 3.05) is 22.9 Å². The van der Waals surface area contributed by atoms with Crippen LogP contribution in [0.3, 0.4) is 0 Å². The molecule has 0 unspecified atom stereocenters. The lowest BCUT2D eigenvalue weighted by atomic mass is 10.3. The monoisotopic (exact) mass is 389 g/mol. The molecule has 0 aromatic carbocycles. The third-order valence-electron chi connectivity index (χ3n) is 5.18. The SMILES string of the molecule is N#Cc1ccc(N2Cc3nn(-c4ccc(N5CC[C@H](F)C5)nc4)cc3C2=O)nc1. The average Bonchev–Trinajstić information content (AvgIpc) is 3.45. The van der Waals surface area contributed by atoms with E-state index in [1.165, 1.54) is 11.1 Å². The van der Waals surface area contributed by atoms with Crippen molar-refractivity contribution in [1.29, 1.82) is 5.26 Å². The van der Waals surface area contributed by atoms with Crippen LogP contribution in [-0.4, -0.2) is 44.9 Å². The number of amides is 1. The third-order valence-corrected chi connectivity index (χ3v) is 5.18. The molecule has 0 spiro atoms. The van der Waals surface area contributed by atoms with Crippen molar-refractivity contribution in [3.05, 3.63) is 59.7 Å². The fourth-order valence-corrected chi connectivity index (χ4v) is 3.63. The Labute approximate surface area is 165 Å². The van der Waals surface area contributed by atoms with Gasteiger partial charge in [-0.3, -0.25) is 9.69 Å². The van der Waals surface area contributed by atoms with Gasteiger partial charge >= 0.3 is 0 Å². The molecule has 9 heteroatoms. The van der Waals surface area contributed by atoms with Gasteiger partial charge < -0.3 is 4.90 Å². The molecule has 1 saturated heterocycles. The minimum absolute atomic E-state index is 0.181. The number of rotatable bonds is 3. The smallest absolute Gasteiger partial charge is 0.263 e. The first-order valence-electron chi connectivity index (χ1n) is 9.24. The Morgan fingerprint density at radius 2 is 1.97 bits per heavy atom. The zero-order valence-electron chi connectivity index (χ0n) is 15.4. The number of anilines is 2. The number of alkyl halides is 1. The maximum absolute atomic E-state index is 13.4. The molecule has 144 valence electrons. The predicted octanol–water partition coefficient (Wildman–Crippen LogP) is 2.24. The zero-order valence-corrected chi connectivity index (χ0v) is 15.4. The first kappa shape index (κ1) is 17.3. The molecule has 0 saturated carbocycles. The molecule has 0 N–H and O–H groups in total. The van der Waals surface area contributed by atoms with Gasteiger partial charge in [-0.05, 0) is 30.7 Å². The molecule has 29 heavy (non-hydrogen) atoms. The average molecular weight is 389 g/mol. The van der Waals surface area contributed by atoms with Crippen LogP contribution in [0.4, 0.5) is 16.0 Å². The maximum Gasteiger partial charge on any atom is 0.263 e. The molecule has 2 aliphatic heterocycles. The molecule has 2 aliphatic rings. The molecule has 8 nitrogen and oxygen atoms in total. The number of hydrogen-bond acceptors (Lipinski definition) is 6. The van der Waals surface area contributed by atoms with Crippen molar-refractivity contribution in [1.82, 2.24) is 19.7 Å². The molecule has 5 heterocycles. The second kappa shape index (κ2) is 6.67. The number of hydrogen-bond donors (Lipinski definition) is 0. The molecule has 1 fully saturated rings. The highest BCUT2D eigenvalue weighted by molar-refractivity contribution is 6.09. The Hall–Kier alpha value is -3.80. The summed E-state index contributed by atoms with van der Waals surface area (Å²) in [5.41, 5.74) is 2.34. The molecule has 3 aromatic heterocycles. The molecule has 1 amide bonds.